The summed E-state index contributed by atoms with van der Waals surface area (Å²) in [5.41, 5.74) is 0. The molecule has 1 N–H and O–H groups in total. The second kappa shape index (κ2) is 4.58. The molecule has 1 heterocycles. The molecule has 1 aliphatic heterocycles. The lowest BCUT2D eigenvalue weighted by atomic mass is 9.82. The second-order valence-corrected chi connectivity index (χ2v) is 4.83. The normalized spacial score (nSPS) is 35.6. The first kappa shape index (κ1) is 10.4. The van der Waals surface area contributed by atoms with Crippen molar-refractivity contribution < 1.29 is 9.50 Å². The van der Waals surface area contributed by atoms with Gasteiger partial charge >= 0.3 is 0 Å². The van der Waals surface area contributed by atoms with Gasteiger partial charge in [-0.3, -0.25) is 0 Å². The van der Waals surface area contributed by atoms with Crippen molar-refractivity contribution in [2.24, 2.45) is 11.8 Å². The predicted molar refractivity (Wildman–Crippen MR) is 53.9 cm³/mol. The molecule has 14 heavy (non-hydrogen) atoms. The summed E-state index contributed by atoms with van der Waals surface area (Å²) in [7, 11) is 0. The molecule has 1 aliphatic carbocycles. The third-order valence-corrected chi connectivity index (χ3v) is 3.70. The van der Waals surface area contributed by atoms with Crippen LogP contribution >= 0.6 is 0 Å². The van der Waals surface area contributed by atoms with Gasteiger partial charge in [-0.1, -0.05) is 12.8 Å². The smallest absolute Gasteiger partial charge is 0.117 e. The molecule has 0 aromatic carbocycles. The molecule has 3 unspecified atom stereocenters. The van der Waals surface area contributed by atoms with E-state index in [0.717, 1.165) is 24.9 Å². The molecule has 0 amide bonds. The zero-order valence-corrected chi connectivity index (χ0v) is 8.66. The van der Waals surface area contributed by atoms with Gasteiger partial charge in [0.1, 0.15) is 6.67 Å². The fourth-order valence-electron chi connectivity index (χ4n) is 3.00. The Morgan fingerprint density at radius 1 is 1.21 bits per heavy atom. The standard InChI is InChI=1S/C11H20FNO/c12-5-11(14)8-13-6-9-3-1-2-4-10(9)7-13/h9-11,14H,1-8H2. The fraction of sp³-hybridized carbons (Fsp3) is 1.00. The van der Waals surface area contributed by atoms with Gasteiger partial charge in [0.05, 0.1) is 6.10 Å². The average molecular weight is 201 g/mol. The molecule has 1 saturated carbocycles. The minimum Gasteiger partial charge on any atom is -0.389 e. The van der Waals surface area contributed by atoms with E-state index in [2.05, 4.69) is 4.90 Å². The molecule has 0 radical (unpaired) electrons. The number of alkyl halides is 1. The van der Waals surface area contributed by atoms with Gasteiger partial charge in [-0.2, -0.15) is 0 Å². The number of likely N-dealkylation sites (tertiary alicyclic amines) is 1. The summed E-state index contributed by atoms with van der Waals surface area (Å²) in [5, 5.41) is 9.24. The van der Waals surface area contributed by atoms with Crippen LogP contribution in [0.2, 0.25) is 0 Å². The molecular formula is C11H20FNO. The van der Waals surface area contributed by atoms with Crippen LogP contribution in [0.15, 0.2) is 0 Å². The van der Waals surface area contributed by atoms with Crippen molar-refractivity contribution in [3.8, 4) is 0 Å². The van der Waals surface area contributed by atoms with Crippen LogP contribution < -0.4 is 0 Å². The third-order valence-electron chi connectivity index (χ3n) is 3.70. The van der Waals surface area contributed by atoms with E-state index < -0.39 is 12.8 Å². The number of aliphatic hydroxyl groups excluding tert-OH is 1. The number of aliphatic hydroxyl groups is 1. The number of rotatable bonds is 3. The maximum absolute atomic E-state index is 12.1. The molecule has 0 aromatic heterocycles. The van der Waals surface area contributed by atoms with Crippen molar-refractivity contribution in [3.05, 3.63) is 0 Å². The summed E-state index contributed by atoms with van der Waals surface area (Å²) in [5.74, 6) is 1.66. The summed E-state index contributed by atoms with van der Waals surface area (Å²) in [6.45, 7) is 2.10. The van der Waals surface area contributed by atoms with Crippen LogP contribution in [-0.2, 0) is 0 Å². The maximum atomic E-state index is 12.1. The molecule has 3 heteroatoms. The topological polar surface area (TPSA) is 23.5 Å². The van der Waals surface area contributed by atoms with Gasteiger partial charge in [0, 0.05) is 19.6 Å². The largest absolute Gasteiger partial charge is 0.389 e. The molecule has 2 aliphatic rings. The lowest BCUT2D eigenvalue weighted by molar-refractivity contribution is 0.0972. The summed E-state index contributed by atoms with van der Waals surface area (Å²) in [6.07, 6.45) is 4.64. The predicted octanol–water partition coefficient (Wildman–Crippen LogP) is 1.44. The fourth-order valence-corrected chi connectivity index (χ4v) is 3.00. The SMILES string of the molecule is OC(CF)CN1CC2CCCCC2C1. The molecule has 2 fully saturated rings. The summed E-state index contributed by atoms with van der Waals surface area (Å²) >= 11 is 0. The molecule has 0 aromatic rings. The molecule has 2 rings (SSSR count). The van der Waals surface area contributed by atoms with Gasteiger partial charge in [-0.25, -0.2) is 4.39 Å². The Morgan fingerprint density at radius 2 is 1.79 bits per heavy atom. The molecule has 2 nitrogen and oxygen atoms in total. The number of halogens is 1. The second-order valence-electron chi connectivity index (χ2n) is 4.83. The number of hydrogen-bond acceptors (Lipinski definition) is 2. The van der Waals surface area contributed by atoms with Crippen molar-refractivity contribution in [1.82, 2.24) is 4.90 Å². The van der Waals surface area contributed by atoms with Gasteiger partial charge in [-0.15, -0.1) is 0 Å². The Kier molecular flexibility index (Phi) is 3.39. The zero-order chi connectivity index (χ0) is 9.97. The van der Waals surface area contributed by atoms with Crippen LogP contribution in [0.3, 0.4) is 0 Å². The Labute approximate surface area is 85.1 Å². The van der Waals surface area contributed by atoms with Gasteiger partial charge in [0.25, 0.3) is 0 Å². The monoisotopic (exact) mass is 201 g/mol. The number of β-amino-alcohol motifs (C(OH)–C–C–N with tert-alkyl or cyclic N) is 1. The minimum atomic E-state index is -0.768. The Hall–Kier alpha value is -0.150. The van der Waals surface area contributed by atoms with E-state index in [0.29, 0.717) is 6.54 Å². The number of hydrogen-bond donors (Lipinski definition) is 1. The van der Waals surface area contributed by atoms with Crippen molar-refractivity contribution in [2.45, 2.75) is 31.8 Å². The van der Waals surface area contributed by atoms with Crippen LogP contribution in [0.1, 0.15) is 25.7 Å². The minimum absolute atomic E-state index is 0.531. The molecule has 82 valence electrons. The highest BCUT2D eigenvalue weighted by atomic mass is 19.1. The van der Waals surface area contributed by atoms with Crippen molar-refractivity contribution in [2.75, 3.05) is 26.3 Å². The van der Waals surface area contributed by atoms with Gasteiger partial charge in [0.15, 0.2) is 0 Å². The highest BCUT2D eigenvalue weighted by Crippen LogP contribution is 2.35. The first-order valence-corrected chi connectivity index (χ1v) is 5.76. The van der Waals surface area contributed by atoms with Gasteiger partial charge < -0.3 is 10.0 Å². The highest BCUT2D eigenvalue weighted by molar-refractivity contribution is 4.87. The van der Waals surface area contributed by atoms with E-state index in [1.165, 1.54) is 25.7 Å². The van der Waals surface area contributed by atoms with Gasteiger partial charge in [0.2, 0.25) is 0 Å². The summed E-state index contributed by atoms with van der Waals surface area (Å²) < 4.78 is 12.1. The van der Waals surface area contributed by atoms with Crippen LogP contribution in [0, 0.1) is 11.8 Å². The maximum Gasteiger partial charge on any atom is 0.117 e. The summed E-state index contributed by atoms with van der Waals surface area (Å²) in [6, 6.07) is 0. The Morgan fingerprint density at radius 3 is 2.29 bits per heavy atom. The van der Waals surface area contributed by atoms with Crippen molar-refractivity contribution in [1.29, 1.82) is 0 Å². The van der Waals surface area contributed by atoms with Crippen LogP contribution in [0.5, 0.6) is 0 Å². The van der Waals surface area contributed by atoms with Crippen LogP contribution in [-0.4, -0.2) is 42.4 Å². The molecule has 0 spiro atoms. The van der Waals surface area contributed by atoms with E-state index in [-0.39, 0.29) is 0 Å². The quantitative estimate of drug-likeness (QED) is 0.747. The van der Waals surface area contributed by atoms with E-state index in [1.54, 1.807) is 0 Å². The van der Waals surface area contributed by atoms with Crippen molar-refractivity contribution in [3.63, 3.8) is 0 Å². The molecule has 3 atom stereocenters. The molecular weight excluding hydrogens is 181 g/mol. The lowest BCUT2D eigenvalue weighted by Gasteiger charge is -2.23. The molecule has 0 bridgehead atoms. The average Bonchev–Trinajstić information content (AvgIpc) is 2.59. The summed E-state index contributed by atoms with van der Waals surface area (Å²) in [4.78, 5) is 2.24. The van der Waals surface area contributed by atoms with Gasteiger partial charge in [-0.05, 0) is 24.7 Å². The van der Waals surface area contributed by atoms with E-state index >= 15 is 0 Å². The Balaban J connectivity index is 1.80. The number of fused-ring (bicyclic) bond motifs is 1. The lowest BCUT2D eigenvalue weighted by Crippen LogP contribution is -2.32. The van der Waals surface area contributed by atoms with Crippen LogP contribution in [0.4, 0.5) is 4.39 Å². The molecule has 1 saturated heterocycles. The van der Waals surface area contributed by atoms with Crippen LogP contribution in [0.25, 0.3) is 0 Å². The van der Waals surface area contributed by atoms with E-state index in [1.807, 2.05) is 0 Å². The Bertz CT molecular complexity index is 174. The zero-order valence-electron chi connectivity index (χ0n) is 8.66. The van der Waals surface area contributed by atoms with E-state index in [4.69, 9.17) is 0 Å². The first-order valence-electron chi connectivity index (χ1n) is 5.76. The van der Waals surface area contributed by atoms with E-state index in [9.17, 15) is 9.50 Å². The first-order chi connectivity index (χ1) is 6.79. The number of nitrogens with zero attached hydrogens (tertiary/aromatic N) is 1. The van der Waals surface area contributed by atoms with Crippen molar-refractivity contribution >= 4 is 0 Å². The third kappa shape index (κ3) is 2.26. The highest BCUT2D eigenvalue weighted by Gasteiger charge is 2.34.